The predicted molar refractivity (Wildman–Crippen MR) is 83.8 cm³/mol. The van der Waals surface area contributed by atoms with Crippen LogP contribution in [-0.2, 0) is 4.74 Å². The minimum atomic E-state index is -0.552. The lowest BCUT2D eigenvalue weighted by Crippen LogP contribution is -2.08. The van der Waals surface area contributed by atoms with Crippen molar-refractivity contribution >= 4 is 39.0 Å². The molecule has 0 atom stereocenters. The predicted octanol–water partition coefficient (Wildman–Crippen LogP) is 4.33. The average Bonchev–Trinajstić information content (AvgIpc) is 2.94. The number of ether oxygens (including phenoxy) is 1. The van der Waals surface area contributed by atoms with E-state index in [1.165, 1.54) is 23.5 Å². The number of esters is 1. The number of halogens is 2. The Morgan fingerprint density at radius 2 is 2.18 bits per heavy atom. The fourth-order valence-corrected chi connectivity index (χ4v) is 3.40. The molecule has 0 aliphatic heterocycles. The second-order valence-corrected chi connectivity index (χ2v) is 5.83. The molecule has 22 heavy (non-hydrogen) atoms. The molecule has 0 saturated carbocycles. The molecule has 0 bridgehead atoms. The van der Waals surface area contributed by atoms with Crippen LogP contribution in [0, 0.1) is 5.82 Å². The molecular weight excluding hydrogens is 327 g/mol. The third-order valence-corrected chi connectivity index (χ3v) is 4.46. The van der Waals surface area contributed by atoms with E-state index in [1.54, 1.807) is 25.1 Å². The van der Waals surface area contributed by atoms with Crippen LogP contribution < -0.4 is 0 Å². The molecule has 2 aromatic heterocycles. The Bertz CT molecular complexity index is 866. The average molecular weight is 337 g/mol. The van der Waals surface area contributed by atoms with Gasteiger partial charge in [-0.3, -0.25) is 0 Å². The SMILES string of the molecule is CCOC(=O)c1nnc(Cl)c2cc(-c3cccc(F)c3)sc12. The van der Waals surface area contributed by atoms with Gasteiger partial charge in [-0.05, 0) is 30.7 Å². The highest BCUT2D eigenvalue weighted by Gasteiger charge is 2.19. The number of hydrogen-bond donors (Lipinski definition) is 0. The van der Waals surface area contributed by atoms with Gasteiger partial charge in [-0.1, -0.05) is 23.7 Å². The maximum Gasteiger partial charge on any atom is 0.360 e. The summed E-state index contributed by atoms with van der Waals surface area (Å²) >= 11 is 7.35. The van der Waals surface area contributed by atoms with Gasteiger partial charge >= 0.3 is 5.97 Å². The Kier molecular flexibility index (Phi) is 4.04. The van der Waals surface area contributed by atoms with Crippen molar-refractivity contribution in [3.8, 4) is 10.4 Å². The van der Waals surface area contributed by atoms with Gasteiger partial charge in [0.05, 0.1) is 11.3 Å². The number of nitrogens with zero attached hydrogens (tertiary/aromatic N) is 2. The number of benzene rings is 1. The van der Waals surface area contributed by atoms with E-state index in [0.717, 1.165) is 4.88 Å². The molecule has 3 aromatic rings. The van der Waals surface area contributed by atoms with Gasteiger partial charge in [-0.15, -0.1) is 21.5 Å². The van der Waals surface area contributed by atoms with Crippen molar-refractivity contribution in [1.29, 1.82) is 0 Å². The fraction of sp³-hybridized carbons (Fsp3) is 0.133. The third-order valence-electron chi connectivity index (χ3n) is 2.99. The van der Waals surface area contributed by atoms with Gasteiger partial charge in [0, 0.05) is 10.3 Å². The number of carbonyl (C=O) groups is 1. The summed E-state index contributed by atoms with van der Waals surface area (Å²) in [7, 11) is 0. The molecule has 0 radical (unpaired) electrons. The molecule has 0 aliphatic carbocycles. The van der Waals surface area contributed by atoms with Crippen molar-refractivity contribution in [3.63, 3.8) is 0 Å². The van der Waals surface area contributed by atoms with Crippen molar-refractivity contribution in [1.82, 2.24) is 10.2 Å². The molecular formula is C15H10ClFN2O2S. The molecule has 2 heterocycles. The summed E-state index contributed by atoms with van der Waals surface area (Å²) in [5, 5.41) is 8.41. The Labute approximate surface area is 134 Å². The summed E-state index contributed by atoms with van der Waals surface area (Å²) < 4.78 is 18.9. The second kappa shape index (κ2) is 5.98. The maximum absolute atomic E-state index is 13.4. The molecule has 0 saturated heterocycles. The normalized spacial score (nSPS) is 10.9. The van der Waals surface area contributed by atoms with Gasteiger partial charge in [0.2, 0.25) is 0 Å². The number of carbonyl (C=O) groups excluding carboxylic acids is 1. The van der Waals surface area contributed by atoms with Crippen LogP contribution in [-0.4, -0.2) is 22.8 Å². The van der Waals surface area contributed by atoms with Gasteiger partial charge in [-0.25, -0.2) is 9.18 Å². The molecule has 1 aromatic carbocycles. The number of hydrogen-bond acceptors (Lipinski definition) is 5. The molecule has 3 rings (SSSR count). The highest BCUT2D eigenvalue weighted by atomic mass is 35.5. The van der Waals surface area contributed by atoms with Gasteiger partial charge in [-0.2, -0.15) is 0 Å². The van der Waals surface area contributed by atoms with Gasteiger partial charge in [0.1, 0.15) is 5.82 Å². The zero-order chi connectivity index (χ0) is 15.7. The van der Waals surface area contributed by atoms with Gasteiger partial charge in [0.25, 0.3) is 0 Å². The van der Waals surface area contributed by atoms with E-state index in [2.05, 4.69) is 10.2 Å². The zero-order valence-corrected chi connectivity index (χ0v) is 13.0. The first-order valence-corrected chi connectivity index (χ1v) is 7.68. The van der Waals surface area contributed by atoms with E-state index in [9.17, 15) is 9.18 Å². The van der Waals surface area contributed by atoms with Crippen LogP contribution in [0.15, 0.2) is 30.3 Å². The monoisotopic (exact) mass is 336 g/mol. The largest absolute Gasteiger partial charge is 0.461 e. The van der Waals surface area contributed by atoms with E-state index in [0.29, 0.717) is 15.6 Å². The summed E-state index contributed by atoms with van der Waals surface area (Å²) in [6.45, 7) is 1.96. The Balaban J connectivity index is 2.18. The van der Waals surface area contributed by atoms with E-state index in [-0.39, 0.29) is 23.3 Å². The van der Waals surface area contributed by atoms with Crippen LogP contribution >= 0.6 is 22.9 Å². The van der Waals surface area contributed by atoms with Crippen molar-refractivity contribution in [2.24, 2.45) is 0 Å². The molecule has 112 valence electrons. The summed E-state index contributed by atoms with van der Waals surface area (Å²) in [5.74, 6) is -0.882. The minimum Gasteiger partial charge on any atom is -0.461 e. The highest BCUT2D eigenvalue weighted by Crippen LogP contribution is 2.37. The van der Waals surface area contributed by atoms with Crippen LogP contribution in [0.1, 0.15) is 17.4 Å². The lowest BCUT2D eigenvalue weighted by Gasteiger charge is -2.01. The standard InChI is InChI=1S/C15H10ClFN2O2S/c1-2-21-15(20)12-13-10(14(16)19-18-12)7-11(22-13)8-4-3-5-9(17)6-8/h3-7H,2H2,1H3. The first-order valence-electron chi connectivity index (χ1n) is 6.49. The maximum atomic E-state index is 13.4. The number of fused-ring (bicyclic) bond motifs is 1. The number of rotatable bonds is 3. The van der Waals surface area contributed by atoms with Crippen LogP contribution in [0.25, 0.3) is 20.5 Å². The van der Waals surface area contributed by atoms with E-state index in [4.69, 9.17) is 16.3 Å². The quantitative estimate of drug-likeness (QED) is 0.668. The molecule has 0 spiro atoms. The summed E-state index contributed by atoms with van der Waals surface area (Å²) in [5.41, 5.74) is 0.820. The van der Waals surface area contributed by atoms with Crippen molar-refractivity contribution in [2.45, 2.75) is 6.92 Å². The number of aromatic nitrogens is 2. The smallest absolute Gasteiger partial charge is 0.360 e. The van der Waals surface area contributed by atoms with Gasteiger partial charge < -0.3 is 4.74 Å². The minimum absolute atomic E-state index is 0.119. The van der Waals surface area contributed by atoms with E-state index < -0.39 is 5.97 Å². The van der Waals surface area contributed by atoms with Crippen molar-refractivity contribution in [3.05, 3.63) is 47.0 Å². The lowest BCUT2D eigenvalue weighted by atomic mass is 10.1. The number of thiophene rings is 1. The topological polar surface area (TPSA) is 52.1 Å². The Hall–Kier alpha value is -2.05. The highest BCUT2D eigenvalue weighted by molar-refractivity contribution is 7.22. The van der Waals surface area contributed by atoms with Crippen molar-refractivity contribution < 1.29 is 13.9 Å². The first kappa shape index (κ1) is 14.9. The van der Waals surface area contributed by atoms with Crippen LogP contribution in [0.2, 0.25) is 5.15 Å². The van der Waals surface area contributed by atoms with Gasteiger partial charge in [0.15, 0.2) is 10.8 Å². The Morgan fingerprint density at radius 1 is 1.36 bits per heavy atom. The summed E-state index contributed by atoms with van der Waals surface area (Å²) in [6, 6.07) is 7.97. The van der Waals surface area contributed by atoms with E-state index in [1.807, 2.05) is 0 Å². The van der Waals surface area contributed by atoms with Crippen LogP contribution in [0.5, 0.6) is 0 Å². The first-order chi connectivity index (χ1) is 10.6. The van der Waals surface area contributed by atoms with Crippen LogP contribution in [0.3, 0.4) is 0 Å². The van der Waals surface area contributed by atoms with E-state index >= 15 is 0 Å². The zero-order valence-electron chi connectivity index (χ0n) is 11.5. The summed E-state index contributed by atoms with van der Waals surface area (Å²) in [6.07, 6.45) is 0. The lowest BCUT2D eigenvalue weighted by molar-refractivity contribution is 0.0521. The third kappa shape index (κ3) is 2.67. The molecule has 0 aliphatic rings. The molecule has 7 heteroatoms. The molecule has 4 nitrogen and oxygen atoms in total. The molecule has 0 N–H and O–H groups in total. The molecule has 0 fully saturated rings. The second-order valence-electron chi connectivity index (χ2n) is 4.42. The molecule has 0 amide bonds. The Morgan fingerprint density at radius 3 is 2.91 bits per heavy atom. The summed E-state index contributed by atoms with van der Waals surface area (Å²) in [4.78, 5) is 12.7. The van der Waals surface area contributed by atoms with Crippen molar-refractivity contribution in [2.75, 3.05) is 6.61 Å². The van der Waals surface area contributed by atoms with Crippen LogP contribution in [0.4, 0.5) is 4.39 Å². The fourth-order valence-electron chi connectivity index (χ4n) is 2.03. The molecule has 0 unspecified atom stereocenters.